The fourth-order valence-electron chi connectivity index (χ4n) is 2.58. The van der Waals surface area contributed by atoms with Crippen LogP contribution in [0.25, 0.3) is 0 Å². The number of rotatable bonds is 9. The highest BCUT2D eigenvalue weighted by Crippen LogP contribution is 1.99. The van der Waals surface area contributed by atoms with Crippen molar-refractivity contribution in [3.8, 4) is 0 Å². The lowest BCUT2D eigenvalue weighted by molar-refractivity contribution is -0.121. The monoisotopic (exact) mass is 343 g/mol. The number of hydrogen-bond donors (Lipinski definition) is 1. The van der Waals surface area contributed by atoms with E-state index in [0.29, 0.717) is 13.1 Å². The molecule has 0 aliphatic rings. The van der Waals surface area contributed by atoms with E-state index in [1.165, 1.54) is 16.8 Å². The van der Waals surface area contributed by atoms with Gasteiger partial charge in [-0.15, -0.1) is 0 Å². The number of unbranched alkanes of at least 4 members (excludes halogenated alkanes) is 3. The molecule has 6 nitrogen and oxygen atoms in total. The smallest absolute Gasteiger partial charge is 0.331 e. The zero-order valence-corrected chi connectivity index (χ0v) is 14.6. The van der Waals surface area contributed by atoms with Gasteiger partial charge in [0.15, 0.2) is 0 Å². The van der Waals surface area contributed by atoms with Crippen LogP contribution >= 0.6 is 0 Å². The number of nitrogens with zero attached hydrogens (tertiary/aromatic N) is 2. The van der Waals surface area contributed by atoms with Crippen molar-refractivity contribution < 1.29 is 4.79 Å². The number of aromatic nitrogens is 2. The van der Waals surface area contributed by atoms with E-state index < -0.39 is 11.2 Å². The summed E-state index contributed by atoms with van der Waals surface area (Å²) in [6.45, 7) is 2.80. The summed E-state index contributed by atoms with van der Waals surface area (Å²) in [4.78, 5) is 36.5. The average Bonchev–Trinajstić information content (AvgIpc) is 2.62. The minimum Gasteiger partial charge on any atom is -0.355 e. The Hall–Kier alpha value is -2.63. The normalized spacial score (nSPS) is 10.6. The Morgan fingerprint density at radius 1 is 1.04 bits per heavy atom. The quantitative estimate of drug-likeness (QED) is 0.705. The van der Waals surface area contributed by atoms with Crippen LogP contribution in [-0.4, -0.2) is 21.6 Å². The van der Waals surface area contributed by atoms with Crippen LogP contribution in [0.2, 0.25) is 0 Å². The van der Waals surface area contributed by atoms with E-state index in [1.807, 2.05) is 30.3 Å². The van der Waals surface area contributed by atoms with Gasteiger partial charge in [0.1, 0.15) is 6.54 Å². The molecule has 6 heteroatoms. The van der Waals surface area contributed by atoms with Crippen molar-refractivity contribution in [1.29, 1.82) is 0 Å². The second-order valence-electron chi connectivity index (χ2n) is 6.05. The highest BCUT2D eigenvalue weighted by Gasteiger charge is 2.10. The molecule has 134 valence electrons. The van der Waals surface area contributed by atoms with Crippen LogP contribution in [-0.2, 0) is 17.9 Å². The molecule has 25 heavy (non-hydrogen) atoms. The Labute approximate surface area is 147 Å². The first kappa shape index (κ1) is 18.7. The minimum atomic E-state index is -0.475. The van der Waals surface area contributed by atoms with Crippen molar-refractivity contribution in [2.45, 2.75) is 45.7 Å². The lowest BCUT2D eigenvalue weighted by atomic mass is 10.2. The maximum Gasteiger partial charge on any atom is 0.331 e. The van der Waals surface area contributed by atoms with Crippen molar-refractivity contribution >= 4 is 5.91 Å². The summed E-state index contributed by atoms with van der Waals surface area (Å²) in [6.07, 6.45) is 5.71. The first-order valence-corrected chi connectivity index (χ1v) is 8.72. The van der Waals surface area contributed by atoms with Gasteiger partial charge in [-0.25, -0.2) is 4.79 Å². The van der Waals surface area contributed by atoms with Gasteiger partial charge >= 0.3 is 5.69 Å². The number of amides is 1. The summed E-state index contributed by atoms with van der Waals surface area (Å²) < 4.78 is 2.41. The van der Waals surface area contributed by atoms with Gasteiger partial charge in [0.05, 0.1) is 6.54 Å². The lowest BCUT2D eigenvalue weighted by Gasteiger charge is -2.10. The molecule has 0 fully saturated rings. The molecule has 0 spiro atoms. The summed E-state index contributed by atoms with van der Waals surface area (Å²) in [5, 5.41) is 2.77. The summed E-state index contributed by atoms with van der Waals surface area (Å²) in [5.41, 5.74) is 0.0168. The third kappa shape index (κ3) is 5.74. The summed E-state index contributed by atoms with van der Waals surface area (Å²) in [6, 6.07) is 10.8. The second-order valence-corrected chi connectivity index (χ2v) is 6.05. The number of benzene rings is 1. The molecule has 2 rings (SSSR count). The van der Waals surface area contributed by atoms with E-state index in [4.69, 9.17) is 0 Å². The molecular formula is C19H25N3O3. The van der Waals surface area contributed by atoms with Gasteiger partial charge in [-0.2, -0.15) is 0 Å². The van der Waals surface area contributed by atoms with E-state index in [-0.39, 0.29) is 12.5 Å². The lowest BCUT2D eigenvalue weighted by Crippen LogP contribution is -2.43. The molecule has 0 bridgehead atoms. The molecule has 0 aliphatic carbocycles. The van der Waals surface area contributed by atoms with Gasteiger partial charge in [-0.3, -0.25) is 18.7 Å². The molecule has 0 aliphatic heterocycles. The molecule has 0 atom stereocenters. The Bertz CT molecular complexity index is 794. The minimum absolute atomic E-state index is 0.249. The Morgan fingerprint density at radius 3 is 2.52 bits per heavy atom. The van der Waals surface area contributed by atoms with Crippen molar-refractivity contribution in [3.63, 3.8) is 0 Å². The van der Waals surface area contributed by atoms with E-state index in [0.717, 1.165) is 35.8 Å². The first-order chi connectivity index (χ1) is 12.1. The van der Waals surface area contributed by atoms with Crippen LogP contribution in [0.1, 0.15) is 38.2 Å². The van der Waals surface area contributed by atoms with Crippen LogP contribution in [0.3, 0.4) is 0 Å². The molecule has 1 aromatic carbocycles. The molecule has 1 heterocycles. The second kappa shape index (κ2) is 9.61. The van der Waals surface area contributed by atoms with Gasteiger partial charge in [-0.1, -0.05) is 56.5 Å². The van der Waals surface area contributed by atoms with Crippen molar-refractivity contribution in [2.75, 3.05) is 6.54 Å². The maximum atomic E-state index is 12.5. The van der Waals surface area contributed by atoms with E-state index in [2.05, 4.69) is 12.2 Å². The predicted molar refractivity (Wildman–Crippen MR) is 97.7 cm³/mol. The summed E-state index contributed by atoms with van der Waals surface area (Å²) in [7, 11) is 0. The molecule has 0 radical (unpaired) electrons. The van der Waals surface area contributed by atoms with E-state index >= 15 is 0 Å². The average molecular weight is 343 g/mol. The van der Waals surface area contributed by atoms with Crippen LogP contribution in [0.4, 0.5) is 0 Å². The van der Waals surface area contributed by atoms with Crippen LogP contribution in [0, 0.1) is 0 Å². The Morgan fingerprint density at radius 2 is 1.80 bits per heavy atom. The zero-order chi connectivity index (χ0) is 18.1. The zero-order valence-electron chi connectivity index (χ0n) is 14.6. The van der Waals surface area contributed by atoms with Crippen molar-refractivity contribution in [1.82, 2.24) is 14.5 Å². The fraction of sp³-hybridized carbons (Fsp3) is 0.421. The van der Waals surface area contributed by atoms with Crippen LogP contribution in [0.5, 0.6) is 0 Å². The third-order valence-corrected chi connectivity index (χ3v) is 3.99. The van der Waals surface area contributed by atoms with E-state index in [1.54, 1.807) is 0 Å². The standard InChI is InChI=1S/C19H25N3O3/c1-2-3-4-8-12-20-17(23)15-22-18(24)11-13-21(19(22)25)14-16-9-6-5-7-10-16/h5-7,9-11,13H,2-4,8,12,14-15H2,1H3,(H,20,23). The molecular weight excluding hydrogens is 318 g/mol. The van der Waals surface area contributed by atoms with Gasteiger partial charge in [0.2, 0.25) is 5.91 Å². The number of hydrogen-bond acceptors (Lipinski definition) is 3. The van der Waals surface area contributed by atoms with Gasteiger partial charge in [-0.05, 0) is 12.0 Å². The highest BCUT2D eigenvalue weighted by atomic mass is 16.2. The molecule has 0 saturated carbocycles. The Balaban J connectivity index is 2.03. The molecule has 1 amide bonds. The first-order valence-electron chi connectivity index (χ1n) is 8.72. The van der Waals surface area contributed by atoms with Crippen LogP contribution < -0.4 is 16.6 Å². The van der Waals surface area contributed by atoms with E-state index in [9.17, 15) is 14.4 Å². The molecule has 0 saturated heterocycles. The molecule has 1 aromatic heterocycles. The van der Waals surface area contributed by atoms with Crippen LogP contribution in [0.15, 0.2) is 52.2 Å². The van der Waals surface area contributed by atoms with Crippen molar-refractivity contribution in [3.05, 3.63) is 69.0 Å². The van der Waals surface area contributed by atoms with Gasteiger partial charge in [0, 0.05) is 18.8 Å². The summed E-state index contributed by atoms with van der Waals surface area (Å²) >= 11 is 0. The number of carbonyl (C=O) groups excluding carboxylic acids is 1. The largest absolute Gasteiger partial charge is 0.355 e. The molecule has 1 N–H and O–H groups in total. The van der Waals surface area contributed by atoms with Crippen molar-refractivity contribution in [2.24, 2.45) is 0 Å². The fourth-order valence-corrected chi connectivity index (χ4v) is 2.58. The maximum absolute atomic E-state index is 12.5. The summed E-state index contributed by atoms with van der Waals surface area (Å²) in [5.74, 6) is -0.312. The highest BCUT2D eigenvalue weighted by molar-refractivity contribution is 5.75. The molecule has 0 unspecified atom stereocenters. The number of carbonyl (C=O) groups is 1. The Kier molecular flexibility index (Phi) is 7.19. The van der Waals surface area contributed by atoms with Gasteiger partial charge < -0.3 is 5.32 Å². The number of nitrogens with one attached hydrogen (secondary N) is 1. The topological polar surface area (TPSA) is 73.1 Å². The third-order valence-electron chi connectivity index (χ3n) is 3.99. The SMILES string of the molecule is CCCCCCNC(=O)Cn1c(=O)ccn(Cc2ccccc2)c1=O. The molecule has 2 aromatic rings. The van der Waals surface area contributed by atoms with Gasteiger partial charge in [0.25, 0.3) is 5.56 Å². The predicted octanol–water partition coefficient (Wildman–Crippen LogP) is 1.75.